The van der Waals surface area contributed by atoms with Gasteiger partial charge in [-0.3, -0.25) is 4.79 Å². The molecule has 2 aromatic rings. The van der Waals surface area contributed by atoms with Crippen molar-refractivity contribution >= 4 is 28.5 Å². The molecular weight excluding hydrogens is 433 g/mol. The number of pyridine rings is 1. The number of carbonyl (C=O) groups is 1. The molecule has 0 aliphatic carbocycles. The average Bonchev–Trinajstić information content (AvgIpc) is 3.13. The van der Waals surface area contributed by atoms with Crippen molar-refractivity contribution in [1.82, 2.24) is 4.98 Å². The summed E-state index contributed by atoms with van der Waals surface area (Å²) in [5, 5.41) is 12.0. The second-order valence-electron chi connectivity index (χ2n) is 7.29. The number of anilines is 1. The number of nitrogens with two attached hydrogens (primary N) is 1. The van der Waals surface area contributed by atoms with Crippen molar-refractivity contribution in [3.63, 3.8) is 0 Å². The number of fused-ring (bicyclic) bond motifs is 1. The molecule has 3 atom stereocenters. The van der Waals surface area contributed by atoms with Gasteiger partial charge in [0, 0.05) is 36.2 Å². The standard InChI is InChI=1S/C21H20FN5O3S.CH4/c1-29-9-18-15-10-31-20(24)27-21(15,11-30-18)14-6-13(3-4-16(14)22)26-19(28)17-5-2-12(7-23)8-25-17;/h2-6,8,15,18H,9-11H2,1H3,(H2,24,27)(H,26,28);1H4/t15-,18-,21-;/m1./s1. The molecule has 0 unspecified atom stereocenters. The first-order valence-electron chi connectivity index (χ1n) is 9.53. The first-order valence-corrected chi connectivity index (χ1v) is 10.5. The lowest BCUT2D eigenvalue weighted by Gasteiger charge is -2.36. The Morgan fingerprint density at radius 1 is 1.47 bits per heavy atom. The van der Waals surface area contributed by atoms with Gasteiger partial charge in [-0.25, -0.2) is 14.4 Å². The Hall–Kier alpha value is -3.00. The minimum atomic E-state index is -0.990. The summed E-state index contributed by atoms with van der Waals surface area (Å²) in [5.41, 5.74) is 6.21. The number of aliphatic imine (C=N–C) groups is 1. The molecule has 0 bridgehead atoms. The second kappa shape index (κ2) is 9.65. The van der Waals surface area contributed by atoms with Gasteiger partial charge in [-0.05, 0) is 30.3 Å². The number of hydrogen-bond donors (Lipinski definition) is 2. The summed E-state index contributed by atoms with van der Waals surface area (Å²) in [6.45, 7) is 0.531. The van der Waals surface area contributed by atoms with Crippen LogP contribution in [0.3, 0.4) is 0 Å². The third-order valence-corrected chi connectivity index (χ3v) is 6.36. The fraction of sp³-hybridized carbons (Fsp3) is 0.364. The normalized spacial score (nSPS) is 24.0. The molecule has 0 spiro atoms. The maximum atomic E-state index is 15.0. The summed E-state index contributed by atoms with van der Waals surface area (Å²) >= 11 is 1.41. The molecule has 1 aromatic heterocycles. The van der Waals surface area contributed by atoms with Gasteiger partial charge in [0.25, 0.3) is 5.91 Å². The van der Waals surface area contributed by atoms with Crippen LogP contribution in [0.4, 0.5) is 10.1 Å². The first-order chi connectivity index (χ1) is 15.0. The van der Waals surface area contributed by atoms with Gasteiger partial charge in [-0.2, -0.15) is 5.26 Å². The molecule has 4 rings (SSSR count). The SMILES string of the molecule is C.COC[C@H]1OC[C@]2(c3cc(NC(=O)c4ccc(C#N)cn4)ccc3F)N=C(N)SC[C@H]12. The van der Waals surface area contributed by atoms with E-state index in [2.05, 4.69) is 15.3 Å². The highest BCUT2D eigenvalue weighted by Gasteiger charge is 2.54. The Morgan fingerprint density at radius 2 is 2.28 bits per heavy atom. The predicted octanol–water partition coefficient (Wildman–Crippen LogP) is 2.90. The van der Waals surface area contributed by atoms with Gasteiger partial charge in [0.05, 0.1) is 24.9 Å². The third kappa shape index (κ3) is 4.32. The van der Waals surface area contributed by atoms with E-state index in [1.165, 1.54) is 42.2 Å². The van der Waals surface area contributed by atoms with E-state index < -0.39 is 17.3 Å². The highest BCUT2D eigenvalue weighted by atomic mass is 32.2. The van der Waals surface area contributed by atoms with Gasteiger partial charge in [0.15, 0.2) is 5.17 Å². The number of ether oxygens (including phenoxy) is 2. The molecule has 32 heavy (non-hydrogen) atoms. The molecule has 2 aliphatic rings. The zero-order valence-electron chi connectivity index (χ0n) is 16.7. The number of benzene rings is 1. The number of aromatic nitrogens is 1. The first kappa shape index (κ1) is 23.7. The fourth-order valence-corrected chi connectivity index (χ4v) is 4.99. The Morgan fingerprint density at radius 3 is 2.97 bits per heavy atom. The molecule has 1 fully saturated rings. The van der Waals surface area contributed by atoms with Crippen molar-refractivity contribution < 1.29 is 18.7 Å². The Kier molecular flexibility index (Phi) is 7.13. The number of nitrogens with zero attached hydrogens (tertiary/aromatic N) is 3. The number of amides is 1. The Balaban J connectivity index is 0.00000289. The summed E-state index contributed by atoms with van der Waals surface area (Å²) in [6.07, 6.45) is 1.08. The molecule has 1 aromatic carbocycles. The fourth-order valence-electron chi connectivity index (χ4n) is 3.92. The number of carbonyl (C=O) groups excluding carboxylic acids is 1. The lowest BCUT2D eigenvalue weighted by Crippen LogP contribution is -2.43. The quantitative estimate of drug-likeness (QED) is 0.708. The zero-order chi connectivity index (χ0) is 22.0. The molecule has 10 heteroatoms. The number of nitriles is 1. The number of nitrogens with one attached hydrogen (secondary N) is 1. The van der Waals surface area contributed by atoms with E-state index >= 15 is 4.39 Å². The number of hydrogen-bond acceptors (Lipinski definition) is 8. The van der Waals surface area contributed by atoms with Crippen molar-refractivity contribution in [2.45, 2.75) is 19.1 Å². The lowest BCUT2D eigenvalue weighted by molar-refractivity contribution is 0.0240. The molecule has 2 aliphatic heterocycles. The molecule has 168 valence electrons. The summed E-state index contributed by atoms with van der Waals surface area (Å²) in [7, 11) is 1.59. The lowest BCUT2D eigenvalue weighted by atomic mass is 9.78. The molecule has 0 saturated carbocycles. The Labute approximate surface area is 190 Å². The highest BCUT2D eigenvalue weighted by molar-refractivity contribution is 8.13. The van der Waals surface area contributed by atoms with Gasteiger partial charge in [-0.1, -0.05) is 19.2 Å². The highest BCUT2D eigenvalue weighted by Crippen LogP contribution is 2.48. The summed E-state index contributed by atoms with van der Waals surface area (Å²) < 4.78 is 26.2. The van der Waals surface area contributed by atoms with E-state index in [9.17, 15) is 4.79 Å². The van der Waals surface area contributed by atoms with Gasteiger partial charge >= 0.3 is 0 Å². The topological polar surface area (TPSA) is 123 Å². The number of halogens is 1. The summed E-state index contributed by atoms with van der Waals surface area (Å²) in [6, 6.07) is 9.24. The van der Waals surface area contributed by atoms with Gasteiger partial charge in [0.1, 0.15) is 23.1 Å². The molecule has 0 radical (unpaired) electrons. The Bertz CT molecular complexity index is 1070. The number of rotatable bonds is 5. The van der Waals surface area contributed by atoms with Crippen LogP contribution in [0.1, 0.15) is 29.0 Å². The van der Waals surface area contributed by atoms with Crippen LogP contribution in [-0.2, 0) is 15.0 Å². The summed E-state index contributed by atoms with van der Waals surface area (Å²) in [4.78, 5) is 21.2. The molecule has 8 nitrogen and oxygen atoms in total. The average molecular weight is 458 g/mol. The number of methoxy groups -OCH3 is 1. The van der Waals surface area contributed by atoms with Crippen LogP contribution < -0.4 is 11.1 Å². The van der Waals surface area contributed by atoms with E-state index in [1.807, 2.05) is 6.07 Å². The number of thioether (sulfide) groups is 1. The maximum Gasteiger partial charge on any atom is 0.274 e. The maximum absolute atomic E-state index is 15.0. The smallest absolute Gasteiger partial charge is 0.274 e. The minimum absolute atomic E-state index is 0. The second-order valence-corrected chi connectivity index (χ2v) is 8.33. The van der Waals surface area contributed by atoms with Crippen molar-refractivity contribution in [3.05, 3.63) is 59.2 Å². The largest absolute Gasteiger partial charge is 0.382 e. The van der Waals surface area contributed by atoms with Crippen molar-refractivity contribution in [1.29, 1.82) is 5.26 Å². The number of amidine groups is 1. The zero-order valence-corrected chi connectivity index (χ0v) is 17.5. The minimum Gasteiger partial charge on any atom is -0.382 e. The van der Waals surface area contributed by atoms with Crippen LogP contribution in [0, 0.1) is 23.1 Å². The van der Waals surface area contributed by atoms with Crippen molar-refractivity contribution in [2.24, 2.45) is 16.6 Å². The van der Waals surface area contributed by atoms with E-state index in [0.29, 0.717) is 34.3 Å². The van der Waals surface area contributed by atoms with Gasteiger partial charge in [-0.15, -0.1) is 0 Å². The third-order valence-electron chi connectivity index (χ3n) is 5.45. The van der Waals surface area contributed by atoms with Crippen LogP contribution >= 0.6 is 11.8 Å². The predicted molar refractivity (Wildman–Crippen MR) is 121 cm³/mol. The summed E-state index contributed by atoms with van der Waals surface area (Å²) in [5.74, 6) is -0.442. The van der Waals surface area contributed by atoms with E-state index in [0.717, 1.165) is 0 Å². The molecule has 1 amide bonds. The molecular formula is C22H24FN5O3S. The van der Waals surface area contributed by atoms with Crippen LogP contribution in [-0.4, -0.2) is 48.2 Å². The van der Waals surface area contributed by atoms with E-state index in [-0.39, 0.29) is 31.7 Å². The van der Waals surface area contributed by atoms with Crippen LogP contribution in [0.5, 0.6) is 0 Å². The van der Waals surface area contributed by atoms with Crippen LogP contribution in [0.25, 0.3) is 0 Å². The molecule has 3 heterocycles. The van der Waals surface area contributed by atoms with Crippen LogP contribution in [0.2, 0.25) is 0 Å². The van der Waals surface area contributed by atoms with E-state index in [4.69, 9.17) is 20.5 Å². The van der Waals surface area contributed by atoms with Crippen LogP contribution in [0.15, 0.2) is 41.5 Å². The van der Waals surface area contributed by atoms with Crippen molar-refractivity contribution in [3.8, 4) is 6.07 Å². The molecule has 1 saturated heterocycles. The van der Waals surface area contributed by atoms with Gasteiger partial charge in [0.2, 0.25) is 0 Å². The van der Waals surface area contributed by atoms with Gasteiger partial charge < -0.3 is 20.5 Å². The molecule has 3 N–H and O–H groups in total. The monoisotopic (exact) mass is 457 g/mol. The van der Waals surface area contributed by atoms with E-state index in [1.54, 1.807) is 13.2 Å². The van der Waals surface area contributed by atoms with Crippen molar-refractivity contribution in [2.75, 3.05) is 31.4 Å².